The van der Waals surface area contributed by atoms with Crippen LogP contribution < -0.4 is 0 Å². The van der Waals surface area contributed by atoms with Gasteiger partial charge in [-0.15, -0.1) is 0 Å². The molecule has 0 spiro atoms. The van der Waals surface area contributed by atoms with Crippen LogP contribution in [0.1, 0.15) is 54.0 Å². The number of esters is 1. The van der Waals surface area contributed by atoms with E-state index in [0.29, 0.717) is 11.1 Å². The second kappa shape index (κ2) is 7.98. The van der Waals surface area contributed by atoms with Crippen LogP contribution in [0.5, 0.6) is 0 Å². The molecule has 140 valence electrons. The minimum Gasteiger partial charge on any atom is -0.466 e. The number of rotatable bonds is 5. The average molecular weight is 360 g/mol. The van der Waals surface area contributed by atoms with Crippen LogP contribution in [0.4, 0.5) is 8.78 Å². The van der Waals surface area contributed by atoms with Crippen LogP contribution in [0, 0.1) is 39.3 Å². The molecule has 1 atom stereocenters. The molecule has 0 aromatic heterocycles. The fourth-order valence-corrected chi connectivity index (χ4v) is 3.59. The highest BCUT2D eigenvalue weighted by molar-refractivity contribution is 5.74. The van der Waals surface area contributed by atoms with Gasteiger partial charge in [-0.25, -0.2) is 8.78 Å². The van der Waals surface area contributed by atoms with E-state index in [1.807, 2.05) is 32.9 Å². The van der Waals surface area contributed by atoms with Crippen LogP contribution in [0.25, 0.3) is 11.1 Å². The van der Waals surface area contributed by atoms with Crippen molar-refractivity contribution < 1.29 is 18.3 Å². The molecule has 0 bridgehead atoms. The fraction of sp³-hybridized carbons (Fsp3) is 0.409. The molecule has 2 aromatic carbocycles. The van der Waals surface area contributed by atoms with Crippen molar-refractivity contribution in [3.05, 3.63) is 57.7 Å². The van der Waals surface area contributed by atoms with Gasteiger partial charge in [-0.2, -0.15) is 0 Å². The number of halogens is 2. The fourth-order valence-electron chi connectivity index (χ4n) is 3.59. The van der Waals surface area contributed by atoms with Crippen molar-refractivity contribution >= 4 is 5.97 Å². The number of aryl methyl sites for hydroxylation is 4. The summed E-state index contributed by atoms with van der Waals surface area (Å²) in [6.45, 7) is 11.1. The zero-order chi connectivity index (χ0) is 19.6. The standard InChI is InChI=1S/C22H26F2O2/c1-7-26-18(25)11-15(5)20-21(23)16(6)10-17(22(20)24)19-13(3)8-12(2)9-14(19)4/h8-10,15H,7,11H2,1-6H3/t15-/m0/s1. The van der Waals surface area contributed by atoms with Gasteiger partial charge in [0.15, 0.2) is 0 Å². The summed E-state index contributed by atoms with van der Waals surface area (Å²) < 4.78 is 35.0. The average Bonchev–Trinajstić information content (AvgIpc) is 2.51. The number of benzene rings is 2. The minimum absolute atomic E-state index is 0.0487. The van der Waals surface area contributed by atoms with E-state index in [4.69, 9.17) is 4.74 Å². The van der Waals surface area contributed by atoms with E-state index in [-0.39, 0.29) is 18.6 Å². The molecule has 0 radical (unpaired) electrons. The number of carbonyl (C=O) groups is 1. The molecule has 0 aliphatic heterocycles. The third kappa shape index (κ3) is 3.95. The Bertz CT molecular complexity index is 818. The summed E-state index contributed by atoms with van der Waals surface area (Å²) in [5, 5.41) is 0. The highest BCUT2D eigenvalue weighted by Crippen LogP contribution is 2.37. The lowest BCUT2D eigenvalue weighted by Crippen LogP contribution is -2.12. The molecule has 0 fully saturated rings. The third-order valence-electron chi connectivity index (χ3n) is 4.63. The van der Waals surface area contributed by atoms with Gasteiger partial charge in [0, 0.05) is 11.1 Å². The summed E-state index contributed by atoms with van der Waals surface area (Å²) in [6, 6.07) is 5.53. The van der Waals surface area contributed by atoms with Crippen molar-refractivity contribution in [2.24, 2.45) is 0 Å². The minimum atomic E-state index is -0.612. The Morgan fingerprint density at radius 1 is 1.00 bits per heavy atom. The van der Waals surface area contributed by atoms with Crippen molar-refractivity contribution in [1.29, 1.82) is 0 Å². The van der Waals surface area contributed by atoms with Crippen molar-refractivity contribution in [3.8, 4) is 11.1 Å². The maximum Gasteiger partial charge on any atom is 0.306 e. The van der Waals surface area contributed by atoms with Crippen LogP contribution in [-0.4, -0.2) is 12.6 Å². The lowest BCUT2D eigenvalue weighted by atomic mass is 9.87. The molecule has 4 heteroatoms. The Morgan fingerprint density at radius 3 is 2.12 bits per heavy atom. The quantitative estimate of drug-likeness (QED) is 0.619. The number of ether oxygens (including phenoxy) is 1. The first-order valence-corrected chi connectivity index (χ1v) is 8.89. The van der Waals surface area contributed by atoms with Gasteiger partial charge in [0.05, 0.1) is 13.0 Å². The molecule has 0 saturated heterocycles. The van der Waals surface area contributed by atoms with E-state index in [1.54, 1.807) is 26.8 Å². The monoisotopic (exact) mass is 360 g/mol. The molecule has 0 saturated carbocycles. The van der Waals surface area contributed by atoms with E-state index in [2.05, 4.69) is 0 Å². The molecular formula is C22H26F2O2. The number of carbonyl (C=O) groups excluding carboxylic acids is 1. The molecule has 0 N–H and O–H groups in total. The number of hydrogen-bond acceptors (Lipinski definition) is 2. The molecule has 0 aliphatic rings. The first-order chi connectivity index (χ1) is 12.2. The Kier molecular flexibility index (Phi) is 6.17. The highest BCUT2D eigenvalue weighted by Gasteiger charge is 2.25. The lowest BCUT2D eigenvalue weighted by Gasteiger charge is -2.19. The van der Waals surface area contributed by atoms with Gasteiger partial charge in [0.2, 0.25) is 0 Å². The first-order valence-electron chi connectivity index (χ1n) is 8.89. The molecule has 0 aliphatic carbocycles. The van der Waals surface area contributed by atoms with Crippen molar-refractivity contribution in [2.75, 3.05) is 6.61 Å². The zero-order valence-corrected chi connectivity index (χ0v) is 16.3. The molecule has 2 nitrogen and oxygen atoms in total. The third-order valence-corrected chi connectivity index (χ3v) is 4.63. The van der Waals surface area contributed by atoms with Crippen molar-refractivity contribution in [3.63, 3.8) is 0 Å². The van der Waals surface area contributed by atoms with Gasteiger partial charge in [-0.1, -0.05) is 24.6 Å². The lowest BCUT2D eigenvalue weighted by molar-refractivity contribution is -0.143. The van der Waals surface area contributed by atoms with Gasteiger partial charge in [0.25, 0.3) is 0 Å². The van der Waals surface area contributed by atoms with E-state index in [9.17, 15) is 9.18 Å². The first kappa shape index (κ1) is 20.1. The molecule has 0 amide bonds. The van der Waals surface area contributed by atoms with Crippen LogP contribution in [0.15, 0.2) is 18.2 Å². The molecule has 2 rings (SSSR count). The molecule has 0 heterocycles. The molecule has 0 unspecified atom stereocenters. The van der Waals surface area contributed by atoms with E-state index < -0.39 is 23.5 Å². The summed E-state index contributed by atoms with van der Waals surface area (Å²) in [5.41, 5.74) is 4.45. The summed E-state index contributed by atoms with van der Waals surface area (Å²) in [7, 11) is 0. The van der Waals surface area contributed by atoms with E-state index in [0.717, 1.165) is 22.3 Å². The SMILES string of the molecule is CCOC(=O)C[C@H](C)c1c(F)c(C)cc(-c2c(C)cc(C)cc2C)c1F. The largest absolute Gasteiger partial charge is 0.466 e. The Morgan fingerprint density at radius 2 is 1.58 bits per heavy atom. The van der Waals surface area contributed by atoms with Gasteiger partial charge in [-0.05, 0) is 68.9 Å². The molecule has 26 heavy (non-hydrogen) atoms. The predicted molar refractivity (Wildman–Crippen MR) is 100 cm³/mol. The smallest absolute Gasteiger partial charge is 0.306 e. The van der Waals surface area contributed by atoms with E-state index in [1.165, 1.54) is 0 Å². The van der Waals surface area contributed by atoms with Crippen LogP contribution >= 0.6 is 0 Å². The van der Waals surface area contributed by atoms with E-state index >= 15 is 4.39 Å². The van der Waals surface area contributed by atoms with Crippen molar-refractivity contribution in [1.82, 2.24) is 0 Å². The predicted octanol–water partition coefficient (Wildman–Crippen LogP) is 5.92. The van der Waals surface area contributed by atoms with Crippen LogP contribution in [-0.2, 0) is 9.53 Å². The van der Waals surface area contributed by atoms with Gasteiger partial charge in [-0.3, -0.25) is 4.79 Å². The summed E-state index contributed by atoms with van der Waals surface area (Å²) >= 11 is 0. The van der Waals surface area contributed by atoms with Gasteiger partial charge < -0.3 is 4.74 Å². The Labute approximate surface area is 154 Å². The van der Waals surface area contributed by atoms with Gasteiger partial charge >= 0.3 is 5.97 Å². The molecule has 2 aromatic rings. The van der Waals surface area contributed by atoms with Crippen molar-refractivity contribution in [2.45, 2.75) is 53.9 Å². The summed E-state index contributed by atoms with van der Waals surface area (Å²) in [6.07, 6.45) is -0.0591. The number of hydrogen-bond donors (Lipinski definition) is 0. The molecular weight excluding hydrogens is 334 g/mol. The summed E-state index contributed by atoms with van der Waals surface area (Å²) in [4.78, 5) is 11.8. The van der Waals surface area contributed by atoms with Gasteiger partial charge in [0.1, 0.15) is 11.6 Å². The second-order valence-corrected chi connectivity index (χ2v) is 6.97. The Hall–Kier alpha value is -2.23. The highest BCUT2D eigenvalue weighted by atomic mass is 19.1. The Balaban J connectivity index is 2.62. The topological polar surface area (TPSA) is 26.3 Å². The maximum atomic E-state index is 15.4. The van der Waals surface area contributed by atoms with Crippen LogP contribution in [0.2, 0.25) is 0 Å². The zero-order valence-electron chi connectivity index (χ0n) is 16.3. The second-order valence-electron chi connectivity index (χ2n) is 6.97. The normalized spacial score (nSPS) is 12.2. The summed E-state index contributed by atoms with van der Waals surface area (Å²) in [5.74, 6) is -2.26. The maximum absolute atomic E-state index is 15.4. The van der Waals surface area contributed by atoms with Crippen LogP contribution in [0.3, 0.4) is 0 Å².